The van der Waals surface area contributed by atoms with Crippen LogP contribution >= 0.6 is 0 Å². The molecule has 2 bridgehead atoms. The summed E-state index contributed by atoms with van der Waals surface area (Å²) in [6.07, 6.45) is 6.41. The van der Waals surface area contributed by atoms with Gasteiger partial charge in [-0.05, 0) is 70.3 Å². The predicted octanol–water partition coefficient (Wildman–Crippen LogP) is 3.54. The third kappa shape index (κ3) is 8.86. The van der Waals surface area contributed by atoms with Crippen molar-refractivity contribution in [1.29, 1.82) is 0 Å². The van der Waals surface area contributed by atoms with Gasteiger partial charge in [0.15, 0.2) is 9.84 Å². The van der Waals surface area contributed by atoms with Crippen molar-refractivity contribution in [2.75, 3.05) is 38.5 Å². The second-order valence-electron chi connectivity index (χ2n) is 12.7. The number of hydrogen-bond acceptors (Lipinski definition) is 7. The molecule has 47 heavy (non-hydrogen) atoms. The Labute approximate surface area is 277 Å². The normalized spacial score (nSPS) is 20.2. The van der Waals surface area contributed by atoms with E-state index in [0.29, 0.717) is 31.5 Å². The van der Waals surface area contributed by atoms with E-state index in [1.54, 1.807) is 30.3 Å². The van der Waals surface area contributed by atoms with Crippen LogP contribution in [-0.4, -0.2) is 101 Å². The fourth-order valence-corrected chi connectivity index (χ4v) is 7.65. The topological polar surface area (TPSA) is 125 Å². The molecule has 1 N–H and O–H groups in total. The number of amides is 3. The van der Waals surface area contributed by atoms with E-state index in [-0.39, 0.29) is 41.5 Å². The maximum atomic E-state index is 14.0. The molecule has 2 fully saturated rings. The number of likely N-dealkylation sites (tertiary alicyclic amines) is 1. The molecule has 2 atom stereocenters. The van der Waals surface area contributed by atoms with E-state index in [9.17, 15) is 22.8 Å². The summed E-state index contributed by atoms with van der Waals surface area (Å²) in [5.41, 5.74) is 1.68. The van der Waals surface area contributed by atoms with Gasteiger partial charge < -0.3 is 15.1 Å². The third-order valence-electron chi connectivity index (χ3n) is 8.98. The van der Waals surface area contributed by atoms with Gasteiger partial charge in [-0.15, -0.1) is 0 Å². The first-order valence-electron chi connectivity index (χ1n) is 16.6. The van der Waals surface area contributed by atoms with Gasteiger partial charge in [0.05, 0.1) is 22.9 Å². The second kappa shape index (κ2) is 15.7. The quantitative estimate of drug-likeness (QED) is 0.391. The number of benzene rings is 2. The molecule has 2 saturated heterocycles. The highest BCUT2D eigenvalue weighted by Crippen LogP contribution is 2.26. The number of carbonyl (C=O) groups is 3. The number of nitrogens with one attached hydrogen (secondary N) is 1. The van der Waals surface area contributed by atoms with E-state index < -0.39 is 27.8 Å². The smallest absolute Gasteiger partial charge is 0.254 e. The van der Waals surface area contributed by atoms with Gasteiger partial charge in [0.1, 0.15) is 6.04 Å². The number of hydrogen-bond donors (Lipinski definition) is 1. The molecule has 12 heteroatoms. The lowest BCUT2D eigenvalue weighted by atomic mass is 10.1. The lowest BCUT2D eigenvalue weighted by Gasteiger charge is -2.31. The van der Waals surface area contributed by atoms with Crippen molar-refractivity contribution in [3.63, 3.8) is 0 Å². The molecule has 2 aromatic carbocycles. The zero-order valence-corrected chi connectivity index (χ0v) is 28.1. The van der Waals surface area contributed by atoms with Gasteiger partial charge in [-0.2, -0.15) is 5.10 Å². The van der Waals surface area contributed by atoms with Gasteiger partial charge in [-0.25, -0.2) is 8.42 Å². The molecule has 5 rings (SSSR count). The largest absolute Gasteiger partial charge is 0.354 e. The SMILES string of the molecule is CC(C)n1cc(CN2CCCCNC(=O)[C@@H]3C[C@@H](CN3C(=O)CCS(=O)(=O)c3ccccc3)N(C(=O)c3ccccc3)CCC2)cn1. The van der Waals surface area contributed by atoms with Gasteiger partial charge in [-0.1, -0.05) is 36.4 Å². The number of rotatable bonds is 8. The van der Waals surface area contributed by atoms with Crippen LogP contribution in [0, 0.1) is 0 Å². The first kappa shape index (κ1) is 34.3. The van der Waals surface area contributed by atoms with Crippen LogP contribution in [0.4, 0.5) is 0 Å². The molecule has 2 aliphatic heterocycles. The molecule has 0 aliphatic carbocycles. The first-order chi connectivity index (χ1) is 22.6. The van der Waals surface area contributed by atoms with Crippen LogP contribution in [0.2, 0.25) is 0 Å². The summed E-state index contributed by atoms with van der Waals surface area (Å²) in [4.78, 5) is 47.0. The number of fused-ring (bicyclic) bond motifs is 2. The maximum absolute atomic E-state index is 14.0. The summed E-state index contributed by atoms with van der Waals surface area (Å²) in [7, 11) is -3.68. The Morgan fingerprint density at radius 2 is 1.64 bits per heavy atom. The molecule has 0 unspecified atom stereocenters. The van der Waals surface area contributed by atoms with Crippen LogP contribution in [0.25, 0.3) is 0 Å². The summed E-state index contributed by atoms with van der Waals surface area (Å²) in [5.74, 6) is -1.18. The minimum absolute atomic E-state index is 0.146. The van der Waals surface area contributed by atoms with Crippen LogP contribution < -0.4 is 5.32 Å². The third-order valence-corrected chi connectivity index (χ3v) is 10.7. The van der Waals surface area contributed by atoms with E-state index in [1.807, 2.05) is 34.0 Å². The van der Waals surface area contributed by atoms with Crippen molar-refractivity contribution in [2.45, 2.75) is 75.5 Å². The number of carbonyl (C=O) groups excluding carboxylic acids is 3. The van der Waals surface area contributed by atoms with Crippen molar-refractivity contribution in [3.8, 4) is 0 Å². The van der Waals surface area contributed by atoms with Crippen molar-refractivity contribution < 1.29 is 22.8 Å². The molecule has 0 saturated carbocycles. The Hall–Kier alpha value is -4.03. The molecule has 3 aromatic rings. The van der Waals surface area contributed by atoms with Crippen molar-refractivity contribution >= 4 is 27.6 Å². The highest BCUT2D eigenvalue weighted by atomic mass is 32.2. The fraction of sp³-hybridized carbons (Fsp3) is 0.486. The minimum atomic E-state index is -3.68. The van der Waals surface area contributed by atoms with Crippen LogP contribution in [-0.2, 0) is 26.0 Å². The molecule has 252 valence electrons. The minimum Gasteiger partial charge on any atom is -0.354 e. The molecule has 0 spiro atoms. The van der Waals surface area contributed by atoms with Crippen molar-refractivity contribution in [3.05, 3.63) is 84.2 Å². The number of nitrogens with zero attached hydrogens (tertiary/aromatic N) is 5. The van der Waals surface area contributed by atoms with Crippen LogP contribution in [0.3, 0.4) is 0 Å². The van der Waals surface area contributed by atoms with Crippen LogP contribution in [0.5, 0.6) is 0 Å². The standard InChI is InChI=1S/C35H46N6O5S/c1-27(2)41-25-28(23-37-41)24-38-18-10-9-17-36-34(43)32-22-30(39(20-11-19-38)35(44)29-12-5-3-6-13-29)26-40(32)33(42)16-21-47(45,46)31-14-7-4-8-15-31/h3-8,12-15,23,25,27,30,32H,9-11,16-22,24,26H2,1-2H3,(H,36,43)/t30-,32-/m0/s1. The van der Waals surface area contributed by atoms with E-state index >= 15 is 0 Å². The Kier molecular flexibility index (Phi) is 11.5. The Morgan fingerprint density at radius 1 is 0.936 bits per heavy atom. The van der Waals surface area contributed by atoms with E-state index in [1.165, 1.54) is 17.0 Å². The van der Waals surface area contributed by atoms with Gasteiger partial charge in [0.2, 0.25) is 11.8 Å². The molecule has 3 heterocycles. The summed E-state index contributed by atoms with van der Waals surface area (Å²) >= 11 is 0. The fourth-order valence-electron chi connectivity index (χ4n) is 6.40. The second-order valence-corrected chi connectivity index (χ2v) is 14.9. The average Bonchev–Trinajstić information content (AvgIpc) is 3.74. The summed E-state index contributed by atoms with van der Waals surface area (Å²) < 4.78 is 27.8. The van der Waals surface area contributed by atoms with Gasteiger partial charge >= 0.3 is 0 Å². The molecular weight excluding hydrogens is 616 g/mol. The highest BCUT2D eigenvalue weighted by molar-refractivity contribution is 7.91. The monoisotopic (exact) mass is 662 g/mol. The Balaban J connectivity index is 1.35. The lowest BCUT2D eigenvalue weighted by molar-refractivity contribution is -0.138. The predicted molar refractivity (Wildman–Crippen MR) is 179 cm³/mol. The molecule has 3 amide bonds. The molecule has 0 radical (unpaired) electrons. The summed E-state index contributed by atoms with van der Waals surface area (Å²) in [5, 5.41) is 7.51. The average molecular weight is 663 g/mol. The lowest BCUT2D eigenvalue weighted by Crippen LogP contribution is -2.46. The van der Waals surface area contributed by atoms with Crippen LogP contribution in [0.15, 0.2) is 78.0 Å². The first-order valence-corrected chi connectivity index (χ1v) is 18.2. The van der Waals surface area contributed by atoms with Crippen LogP contribution in [0.1, 0.15) is 67.9 Å². The van der Waals surface area contributed by atoms with Crippen molar-refractivity contribution in [1.82, 2.24) is 29.8 Å². The highest BCUT2D eigenvalue weighted by Gasteiger charge is 2.43. The van der Waals surface area contributed by atoms with E-state index in [4.69, 9.17) is 0 Å². The van der Waals surface area contributed by atoms with E-state index in [0.717, 1.165) is 38.0 Å². The Bertz CT molecular complexity index is 1610. The maximum Gasteiger partial charge on any atom is 0.254 e. The van der Waals surface area contributed by atoms with Gasteiger partial charge in [0.25, 0.3) is 5.91 Å². The zero-order valence-electron chi connectivity index (χ0n) is 27.3. The summed E-state index contributed by atoms with van der Waals surface area (Å²) in [6, 6.07) is 16.2. The summed E-state index contributed by atoms with van der Waals surface area (Å²) in [6.45, 7) is 7.64. The molecular formula is C35H46N6O5S. The van der Waals surface area contributed by atoms with Crippen molar-refractivity contribution in [2.24, 2.45) is 0 Å². The molecule has 2 aliphatic rings. The number of aromatic nitrogens is 2. The molecule has 1 aromatic heterocycles. The van der Waals surface area contributed by atoms with Gasteiger partial charge in [-0.3, -0.25) is 24.0 Å². The van der Waals surface area contributed by atoms with Gasteiger partial charge in [0, 0.05) is 62.5 Å². The molecule has 11 nitrogen and oxygen atoms in total. The number of sulfone groups is 1. The Morgan fingerprint density at radius 3 is 2.34 bits per heavy atom. The zero-order chi connectivity index (χ0) is 33.4. The van der Waals surface area contributed by atoms with E-state index in [2.05, 4.69) is 35.4 Å².